The maximum atomic E-state index is 12.3. The van der Waals surface area contributed by atoms with Crippen LogP contribution in [0.4, 0.5) is 5.69 Å². The Balaban J connectivity index is 2.30. The van der Waals surface area contributed by atoms with Gasteiger partial charge in [0.15, 0.2) is 0 Å². The number of pyridine rings is 1. The van der Waals surface area contributed by atoms with Crippen LogP contribution in [0.25, 0.3) is 0 Å². The molecule has 0 saturated carbocycles. The minimum absolute atomic E-state index is 0.0317. The number of hydrogen-bond donors (Lipinski definition) is 1. The molecular weight excluding hydrogens is 337 g/mol. The summed E-state index contributed by atoms with van der Waals surface area (Å²) in [5.41, 5.74) is 1.09. The van der Waals surface area contributed by atoms with Crippen LogP contribution in [-0.2, 0) is 11.3 Å². The number of carbonyl (C=O) groups is 1. The van der Waals surface area contributed by atoms with Crippen molar-refractivity contribution in [2.45, 2.75) is 20.4 Å². The Kier molecular flexibility index (Phi) is 5.09. The normalized spacial score (nSPS) is 10.2. The van der Waals surface area contributed by atoms with Crippen molar-refractivity contribution in [1.82, 2.24) is 4.57 Å². The van der Waals surface area contributed by atoms with Gasteiger partial charge in [0.25, 0.3) is 5.56 Å². The number of nitrogens with zero attached hydrogens (tertiary/aromatic N) is 2. The zero-order valence-electron chi connectivity index (χ0n) is 12.5. The summed E-state index contributed by atoms with van der Waals surface area (Å²) in [6.07, 6.45) is 0. The van der Waals surface area contributed by atoms with Crippen LogP contribution in [0, 0.1) is 25.2 Å². The number of amides is 1. The highest BCUT2D eigenvalue weighted by atomic mass is 35.5. The first kappa shape index (κ1) is 17.1. The highest BCUT2D eigenvalue weighted by Gasteiger charge is 2.14. The van der Waals surface area contributed by atoms with Gasteiger partial charge in [0.05, 0.1) is 10.7 Å². The molecule has 1 aromatic heterocycles. The minimum atomic E-state index is -0.489. The van der Waals surface area contributed by atoms with Crippen molar-refractivity contribution in [2.75, 3.05) is 5.32 Å². The molecule has 1 heterocycles. The van der Waals surface area contributed by atoms with Crippen LogP contribution in [0.15, 0.2) is 29.1 Å². The minimum Gasteiger partial charge on any atom is -0.323 e. The van der Waals surface area contributed by atoms with Gasteiger partial charge in [-0.2, -0.15) is 5.26 Å². The lowest BCUT2D eigenvalue weighted by atomic mass is 10.1. The maximum absolute atomic E-state index is 12.3. The molecule has 23 heavy (non-hydrogen) atoms. The number of aryl methyl sites for hydroxylation is 2. The number of aromatic nitrogens is 1. The lowest BCUT2D eigenvalue weighted by Crippen LogP contribution is -2.31. The molecule has 5 nitrogen and oxygen atoms in total. The second-order valence-corrected chi connectivity index (χ2v) is 5.86. The van der Waals surface area contributed by atoms with E-state index in [-0.39, 0.29) is 12.1 Å². The first-order valence-corrected chi connectivity index (χ1v) is 7.45. The molecule has 0 unspecified atom stereocenters. The van der Waals surface area contributed by atoms with Crippen molar-refractivity contribution in [3.8, 4) is 6.07 Å². The summed E-state index contributed by atoms with van der Waals surface area (Å²) in [5.74, 6) is -0.438. The number of hydrogen-bond acceptors (Lipinski definition) is 3. The van der Waals surface area contributed by atoms with Crippen LogP contribution < -0.4 is 10.9 Å². The molecule has 1 aromatic carbocycles. The molecule has 0 aliphatic heterocycles. The van der Waals surface area contributed by atoms with Crippen LogP contribution in [0.5, 0.6) is 0 Å². The number of halogens is 2. The van der Waals surface area contributed by atoms with Crippen molar-refractivity contribution in [1.29, 1.82) is 5.26 Å². The fraction of sp³-hybridized carbons (Fsp3) is 0.188. The first-order chi connectivity index (χ1) is 10.8. The average molecular weight is 350 g/mol. The van der Waals surface area contributed by atoms with E-state index in [0.29, 0.717) is 27.0 Å². The summed E-state index contributed by atoms with van der Waals surface area (Å²) in [6.45, 7) is 3.17. The van der Waals surface area contributed by atoms with Crippen LogP contribution >= 0.6 is 23.2 Å². The Morgan fingerprint density at radius 2 is 2.00 bits per heavy atom. The quantitative estimate of drug-likeness (QED) is 0.923. The summed E-state index contributed by atoms with van der Waals surface area (Å²) >= 11 is 11.9. The van der Waals surface area contributed by atoms with E-state index in [1.165, 1.54) is 10.6 Å². The fourth-order valence-electron chi connectivity index (χ4n) is 2.19. The second-order valence-electron chi connectivity index (χ2n) is 5.02. The van der Waals surface area contributed by atoms with Gasteiger partial charge in [0.1, 0.15) is 18.2 Å². The van der Waals surface area contributed by atoms with Gasteiger partial charge in [-0.05, 0) is 43.7 Å². The lowest BCUT2D eigenvalue weighted by Gasteiger charge is -2.13. The predicted molar refractivity (Wildman–Crippen MR) is 90.0 cm³/mol. The van der Waals surface area contributed by atoms with Gasteiger partial charge in [-0.1, -0.05) is 23.2 Å². The molecule has 0 bridgehead atoms. The van der Waals surface area contributed by atoms with Gasteiger partial charge in [-0.15, -0.1) is 0 Å². The third kappa shape index (κ3) is 3.73. The van der Waals surface area contributed by atoms with Crippen molar-refractivity contribution >= 4 is 34.8 Å². The molecule has 1 N–H and O–H groups in total. The summed E-state index contributed by atoms with van der Waals surface area (Å²) in [6, 6.07) is 8.25. The van der Waals surface area contributed by atoms with Crippen molar-refractivity contribution in [3.05, 3.63) is 61.5 Å². The number of benzene rings is 1. The summed E-state index contributed by atoms with van der Waals surface area (Å²) in [4.78, 5) is 24.4. The van der Waals surface area contributed by atoms with E-state index in [1.807, 2.05) is 6.07 Å². The molecule has 118 valence electrons. The monoisotopic (exact) mass is 349 g/mol. The van der Waals surface area contributed by atoms with Crippen molar-refractivity contribution in [3.63, 3.8) is 0 Å². The number of carbonyl (C=O) groups excluding carboxylic acids is 1. The van der Waals surface area contributed by atoms with Crippen LogP contribution in [-0.4, -0.2) is 10.5 Å². The standard InChI is InChI=1S/C16H13Cl2N3O2/c1-9-5-10(2)21(16(23)12(9)7-19)8-15(22)20-14-6-11(17)3-4-13(14)18/h3-6H,8H2,1-2H3,(H,20,22). The first-order valence-electron chi connectivity index (χ1n) is 6.69. The Bertz CT molecular complexity index is 882. The molecule has 2 rings (SSSR count). The van der Waals surface area contributed by atoms with Gasteiger partial charge in [0, 0.05) is 10.7 Å². The van der Waals surface area contributed by atoms with Crippen molar-refractivity contribution in [2.24, 2.45) is 0 Å². The van der Waals surface area contributed by atoms with E-state index in [9.17, 15) is 9.59 Å². The van der Waals surface area contributed by atoms with Gasteiger partial charge < -0.3 is 9.88 Å². The van der Waals surface area contributed by atoms with E-state index in [0.717, 1.165) is 0 Å². The topological polar surface area (TPSA) is 74.9 Å². The van der Waals surface area contributed by atoms with E-state index < -0.39 is 11.5 Å². The van der Waals surface area contributed by atoms with Crippen molar-refractivity contribution < 1.29 is 4.79 Å². The second kappa shape index (κ2) is 6.86. The highest BCUT2D eigenvalue weighted by molar-refractivity contribution is 6.35. The van der Waals surface area contributed by atoms with E-state index in [2.05, 4.69) is 5.32 Å². The Morgan fingerprint density at radius 3 is 2.65 bits per heavy atom. The Morgan fingerprint density at radius 1 is 1.30 bits per heavy atom. The molecule has 0 spiro atoms. The maximum Gasteiger partial charge on any atom is 0.269 e. The molecule has 0 radical (unpaired) electrons. The van der Waals surface area contributed by atoms with Crippen LogP contribution in [0.1, 0.15) is 16.8 Å². The summed E-state index contributed by atoms with van der Waals surface area (Å²) < 4.78 is 1.25. The lowest BCUT2D eigenvalue weighted by molar-refractivity contribution is -0.116. The van der Waals surface area contributed by atoms with Gasteiger partial charge >= 0.3 is 0 Å². The Hall–Kier alpha value is -2.29. The van der Waals surface area contributed by atoms with E-state index in [4.69, 9.17) is 28.5 Å². The number of rotatable bonds is 3. The molecule has 0 aliphatic carbocycles. The molecule has 1 amide bonds. The molecule has 0 aliphatic rings. The molecule has 0 fully saturated rings. The van der Waals surface area contributed by atoms with Gasteiger partial charge in [0.2, 0.25) is 5.91 Å². The molecule has 0 saturated heterocycles. The number of nitriles is 1. The molecular formula is C16H13Cl2N3O2. The largest absolute Gasteiger partial charge is 0.323 e. The average Bonchev–Trinajstić information content (AvgIpc) is 2.47. The van der Waals surface area contributed by atoms with E-state index in [1.54, 1.807) is 32.0 Å². The van der Waals surface area contributed by atoms with Crippen LogP contribution in [0.2, 0.25) is 10.0 Å². The van der Waals surface area contributed by atoms with Gasteiger partial charge in [-0.3, -0.25) is 9.59 Å². The Labute approximate surface area is 143 Å². The van der Waals surface area contributed by atoms with E-state index >= 15 is 0 Å². The molecule has 2 aromatic rings. The number of anilines is 1. The smallest absolute Gasteiger partial charge is 0.269 e. The fourth-order valence-corrected chi connectivity index (χ4v) is 2.52. The SMILES string of the molecule is Cc1cc(C)n(CC(=O)Nc2cc(Cl)ccc2Cl)c(=O)c1C#N. The van der Waals surface area contributed by atoms with Gasteiger partial charge in [-0.25, -0.2) is 0 Å². The third-order valence-electron chi connectivity index (χ3n) is 3.32. The number of nitrogens with one attached hydrogen (secondary N) is 1. The summed E-state index contributed by atoms with van der Waals surface area (Å²) in [7, 11) is 0. The zero-order chi connectivity index (χ0) is 17.1. The third-order valence-corrected chi connectivity index (χ3v) is 3.89. The zero-order valence-corrected chi connectivity index (χ0v) is 14.0. The summed E-state index contributed by atoms with van der Waals surface area (Å²) in [5, 5.41) is 12.4. The molecule has 0 atom stereocenters. The molecule has 7 heteroatoms. The highest BCUT2D eigenvalue weighted by Crippen LogP contribution is 2.25. The predicted octanol–water partition coefficient (Wildman–Crippen LogP) is 3.28. The van der Waals surface area contributed by atoms with Crippen LogP contribution in [0.3, 0.4) is 0 Å².